The Morgan fingerprint density at radius 3 is 2.83 bits per heavy atom. The van der Waals surface area contributed by atoms with Gasteiger partial charge in [-0.2, -0.15) is 5.26 Å². The first-order valence-electron chi connectivity index (χ1n) is 11.2. The summed E-state index contributed by atoms with van der Waals surface area (Å²) in [7, 11) is 0. The number of hydrogen-bond donors (Lipinski definition) is 1. The van der Waals surface area contributed by atoms with E-state index >= 15 is 0 Å². The summed E-state index contributed by atoms with van der Waals surface area (Å²) in [6.07, 6.45) is 3.91. The summed E-state index contributed by atoms with van der Waals surface area (Å²) in [5.74, 6) is 6.68. The molecule has 1 saturated heterocycles. The number of hydrogen-bond acceptors (Lipinski definition) is 7. The van der Waals surface area contributed by atoms with Crippen molar-refractivity contribution in [2.24, 2.45) is 0 Å². The number of rotatable bonds is 4. The van der Waals surface area contributed by atoms with E-state index in [4.69, 9.17) is 32.3 Å². The number of benzene rings is 1. The third kappa shape index (κ3) is 4.28. The molecule has 1 aliphatic heterocycles. The van der Waals surface area contributed by atoms with Crippen LogP contribution in [0.1, 0.15) is 30.5 Å². The molecule has 0 aliphatic carbocycles. The minimum Gasteiger partial charge on any atom is -0.439 e. The van der Waals surface area contributed by atoms with Gasteiger partial charge in [-0.25, -0.2) is 15.0 Å². The van der Waals surface area contributed by atoms with Crippen LogP contribution in [0.2, 0.25) is 5.02 Å². The number of aromatic nitrogens is 4. The number of carbonyl (C=O) groups excluding carboxylic acids is 1. The molecule has 1 aromatic carbocycles. The maximum absolute atomic E-state index is 12.3. The third-order valence-corrected chi connectivity index (χ3v) is 6.28. The molecule has 4 aromatic rings. The number of pyridine rings is 1. The fourth-order valence-corrected chi connectivity index (χ4v) is 4.57. The van der Waals surface area contributed by atoms with E-state index in [2.05, 4.69) is 27.9 Å². The van der Waals surface area contributed by atoms with E-state index in [0.29, 0.717) is 40.8 Å². The van der Waals surface area contributed by atoms with Gasteiger partial charge in [0.1, 0.15) is 11.6 Å². The van der Waals surface area contributed by atoms with Gasteiger partial charge >= 0.3 is 0 Å². The number of halogens is 1. The predicted molar refractivity (Wildman–Crippen MR) is 134 cm³/mol. The molecule has 1 amide bonds. The van der Waals surface area contributed by atoms with E-state index in [1.54, 1.807) is 52.8 Å². The first-order valence-corrected chi connectivity index (χ1v) is 11.5. The first kappa shape index (κ1) is 23.2. The highest BCUT2D eigenvalue weighted by atomic mass is 35.5. The van der Waals surface area contributed by atoms with Crippen molar-refractivity contribution in [2.75, 3.05) is 18.8 Å². The summed E-state index contributed by atoms with van der Waals surface area (Å²) in [5.41, 5.74) is 8.98. The fraction of sp³-hybridized carbons (Fsp3) is 0.192. The summed E-state index contributed by atoms with van der Waals surface area (Å²) >= 11 is 6.67. The normalized spacial score (nSPS) is 14.8. The molecule has 178 valence electrons. The van der Waals surface area contributed by atoms with Crippen molar-refractivity contribution in [3.63, 3.8) is 0 Å². The zero-order chi connectivity index (χ0) is 25.2. The van der Waals surface area contributed by atoms with Crippen molar-refractivity contribution in [3.05, 3.63) is 65.1 Å². The Balaban J connectivity index is 1.50. The van der Waals surface area contributed by atoms with E-state index in [1.807, 2.05) is 6.07 Å². The Hall–Kier alpha value is -4.60. The first-order chi connectivity index (χ1) is 17.5. The van der Waals surface area contributed by atoms with E-state index < -0.39 is 0 Å². The van der Waals surface area contributed by atoms with Crippen LogP contribution in [0.5, 0.6) is 11.6 Å². The minimum absolute atomic E-state index is 0.0259. The predicted octanol–water partition coefficient (Wildman–Crippen LogP) is 4.03. The fourth-order valence-electron chi connectivity index (χ4n) is 4.32. The summed E-state index contributed by atoms with van der Waals surface area (Å²) in [6, 6.07) is 12.2. The number of imidazole rings is 1. The molecule has 0 bridgehead atoms. The monoisotopic (exact) mass is 497 g/mol. The van der Waals surface area contributed by atoms with Crippen LogP contribution in [0.3, 0.4) is 0 Å². The van der Waals surface area contributed by atoms with Gasteiger partial charge in [0.05, 0.1) is 27.9 Å². The van der Waals surface area contributed by atoms with Crippen molar-refractivity contribution < 1.29 is 9.53 Å². The molecule has 10 heteroatoms. The highest BCUT2D eigenvalue weighted by Gasteiger charge is 2.31. The summed E-state index contributed by atoms with van der Waals surface area (Å²) in [4.78, 5) is 27.3. The average Bonchev–Trinajstić information content (AvgIpc) is 3.51. The molecule has 1 aliphatic rings. The van der Waals surface area contributed by atoms with Crippen molar-refractivity contribution in [1.82, 2.24) is 24.3 Å². The second-order valence-corrected chi connectivity index (χ2v) is 8.60. The molecule has 3 aromatic heterocycles. The molecule has 0 spiro atoms. The maximum Gasteiger partial charge on any atom is 0.298 e. The lowest BCUT2D eigenvalue weighted by Crippen LogP contribution is -2.26. The molecule has 36 heavy (non-hydrogen) atoms. The number of nitrogens with zero attached hydrogens (tertiary/aromatic N) is 6. The highest BCUT2D eigenvalue weighted by Crippen LogP contribution is 2.37. The number of nitriles is 1. The van der Waals surface area contributed by atoms with Gasteiger partial charge in [-0.05, 0) is 43.5 Å². The average molecular weight is 498 g/mol. The highest BCUT2D eigenvalue weighted by molar-refractivity contribution is 6.33. The summed E-state index contributed by atoms with van der Waals surface area (Å²) in [6.45, 7) is 2.79. The van der Waals surface area contributed by atoms with Crippen molar-refractivity contribution >= 4 is 29.0 Å². The molecule has 1 unspecified atom stereocenters. The maximum atomic E-state index is 12.3. The lowest BCUT2D eigenvalue weighted by Gasteiger charge is -2.12. The van der Waals surface area contributed by atoms with Crippen LogP contribution >= 0.6 is 11.6 Å². The zero-order valence-electron chi connectivity index (χ0n) is 19.3. The minimum atomic E-state index is -0.182. The summed E-state index contributed by atoms with van der Waals surface area (Å²) < 4.78 is 7.55. The van der Waals surface area contributed by atoms with Crippen LogP contribution in [0.25, 0.3) is 16.9 Å². The van der Waals surface area contributed by atoms with Crippen LogP contribution in [-0.4, -0.2) is 43.2 Å². The molecular weight excluding hydrogens is 478 g/mol. The van der Waals surface area contributed by atoms with Gasteiger partial charge in [0.15, 0.2) is 0 Å². The molecule has 2 N–H and O–H groups in total. The van der Waals surface area contributed by atoms with Gasteiger partial charge in [-0.15, -0.1) is 0 Å². The molecule has 4 heterocycles. The number of nitrogens with two attached hydrogens (primary N) is 1. The van der Waals surface area contributed by atoms with Gasteiger partial charge in [-0.1, -0.05) is 17.5 Å². The van der Waals surface area contributed by atoms with Gasteiger partial charge < -0.3 is 15.4 Å². The quantitative estimate of drug-likeness (QED) is 0.422. The molecule has 5 rings (SSSR count). The molecule has 9 nitrogen and oxygen atoms in total. The topological polar surface area (TPSA) is 122 Å². The van der Waals surface area contributed by atoms with Crippen LogP contribution in [0.4, 0.5) is 5.95 Å². The van der Waals surface area contributed by atoms with Crippen LogP contribution in [0, 0.1) is 23.2 Å². The van der Waals surface area contributed by atoms with Crippen LogP contribution in [-0.2, 0) is 4.79 Å². The number of ether oxygens (including phenoxy) is 1. The molecule has 1 fully saturated rings. The Bertz CT molecular complexity index is 1600. The smallest absolute Gasteiger partial charge is 0.298 e. The van der Waals surface area contributed by atoms with Crippen LogP contribution < -0.4 is 10.5 Å². The number of nitrogen functional groups attached to an aromatic ring is 1. The Morgan fingerprint density at radius 1 is 1.22 bits per heavy atom. The van der Waals surface area contributed by atoms with E-state index in [1.165, 1.54) is 6.20 Å². The number of carbonyl (C=O) groups is 1. The Labute approximate surface area is 212 Å². The zero-order valence-corrected chi connectivity index (χ0v) is 20.0. The Morgan fingerprint density at radius 2 is 2.06 bits per heavy atom. The SMILES string of the molecule is CC#CC(=O)N1CCC(c2nc(-c3ccc(Oc4cc(C#N)ccn4)cc3Cl)n3c(N)nccc23)C1. The van der Waals surface area contributed by atoms with E-state index in [0.717, 1.165) is 17.6 Å². The van der Waals surface area contributed by atoms with E-state index in [-0.39, 0.29) is 23.7 Å². The molecule has 0 radical (unpaired) electrons. The lowest BCUT2D eigenvalue weighted by atomic mass is 10.0. The number of fused-ring (bicyclic) bond motifs is 1. The standard InChI is InChI=1S/C26H20ClN7O2/c1-2-3-23(35)33-11-8-17(15-33)24-21-7-10-31-26(29)34(21)25(32-24)19-5-4-18(13-20(19)27)36-22-12-16(14-28)6-9-30-22/h4-7,9-10,12-13,17H,8,11,15H2,1H3,(H2,29,31). The second-order valence-electron chi connectivity index (χ2n) is 8.19. The number of anilines is 1. The number of amides is 1. The van der Waals surface area contributed by atoms with Crippen LogP contribution in [0.15, 0.2) is 48.8 Å². The third-order valence-electron chi connectivity index (χ3n) is 5.97. The van der Waals surface area contributed by atoms with E-state index in [9.17, 15) is 4.79 Å². The van der Waals surface area contributed by atoms with Crippen molar-refractivity contribution in [3.8, 4) is 40.9 Å². The molecule has 0 saturated carbocycles. The molecule has 1 atom stereocenters. The van der Waals surface area contributed by atoms with Gasteiger partial charge in [-0.3, -0.25) is 9.20 Å². The molecular formula is C26H20ClN7O2. The number of likely N-dealkylation sites (tertiary alicyclic amines) is 1. The summed E-state index contributed by atoms with van der Waals surface area (Å²) in [5, 5.41) is 9.48. The van der Waals surface area contributed by atoms with Crippen molar-refractivity contribution in [1.29, 1.82) is 5.26 Å². The second kappa shape index (κ2) is 9.57. The van der Waals surface area contributed by atoms with Gasteiger partial charge in [0.25, 0.3) is 5.91 Å². The van der Waals surface area contributed by atoms with Gasteiger partial charge in [0.2, 0.25) is 11.8 Å². The Kier molecular flexibility index (Phi) is 6.16. The van der Waals surface area contributed by atoms with Crippen molar-refractivity contribution in [2.45, 2.75) is 19.3 Å². The lowest BCUT2D eigenvalue weighted by molar-refractivity contribution is -0.124. The van der Waals surface area contributed by atoms with Gasteiger partial charge in [0, 0.05) is 49.1 Å². The largest absolute Gasteiger partial charge is 0.439 e.